The van der Waals surface area contributed by atoms with Gasteiger partial charge in [-0.2, -0.15) is 0 Å². The Morgan fingerprint density at radius 1 is 0.875 bits per heavy atom. The van der Waals surface area contributed by atoms with Crippen molar-refractivity contribution in [3.05, 3.63) is 34.9 Å². The van der Waals surface area contributed by atoms with E-state index in [2.05, 4.69) is 13.8 Å². The van der Waals surface area contributed by atoms with Crippen molar-refractivity contribution in [3.63, 3.8) is 0 Å². The zero-order chi connectivity index (χ0) is 19.1. The van der Waals surface area contributed by atoms with Crippen LogP contribution in [0.5, 0.6) is 0 Å². The van der Waals surface area contributed by atoms with E-state index in [9.17, 15) is 9.59 Å². The van der Waals surface area contributed by atoms with Gasteiger partial charge in [0, 0.05) is 6.92 Å². The molecule has 1 aromatic carbocycles. The van der Waals surface area contributed by atoms with E-state index in [0.29, 0.717) is 5.56 Å². The summed E-state index contributed by atoms with van der Waals surface area (Å²) in [6, 6.07) is 4.01. The Morgan fingerprint density at radius 2 is 1.33 bits per heavy atom. The van der Waals surface area contributed by atoms with E-state index in [-0.39, 0.29) is 11.1 Å². The van der Waals surface area contributed by atoms with Gasteiger partial charge in [0.25, 0.3) is 5.97 Å². The number of unbranched alkanes of at least 4 members (excludes halogenated alkanes) is 4. The molecular weight excluding hydrogens is 312 g/mol. The summed E-state index contributed by atoms with van der Waals surface area (Å²) in [5, 5.41) is 24.7. The van der Waals surface area contributed by atoms with Crippen LogP contribution in [0.2, 0.25) is 0 Å². The second-order valence-corrected chi connectivity index (χ2v) is 5.22. The molecule has 0 aliphatic heterocycles. The molecule has 0 saturated carbocycles. The van der Waals surface area contributed by atoms with E-state index in [4.69, 9.17) is 20.1 Å². The minimum absolute atomic E-state index is 0.0111. The van der Waals surface area contributed by atoms with Crippen LogP contribution in [0, 0.1) is 6.92 Å². The molecule has 0 bridgehead atoms. The van der Waals surface area contributed by atoms with E-state index < -0.39 is 17.9 Å². The molecule has 0 saturated heterocycles. The predicted molar refractivity (Wildman–Crippen MR) is 92.8 cm³/mol. The highest BCUT2D eigenvalue weighted by Crippen LogP contribution is 2.11. The SMILES string of the molecule is CC(=O)O.CCCCCCC.Cc1ccc(C(=O)O)cc1C(=O)O. The minimum atomic E-state index is -1.12. The first-order chi connectivity index (χ1) is 11.2. The fourth-order valence-electron chi connectivity index (χ4n) is 1.66. The van der Waals surface area contributed by atoms with Gasteiger partial charge in [0.1, 0.15) is 0 Å². The normalized spacial score (nSPS) is 9.00. The van der Waals surface area contributed by atoms with Crippen molar-refractivity contribution in [1.29, 1.82) is 0 Å². The molecule has 1 aromatic rings. The summed E-state index contributed by atoms with van der Waals surface area (Å²) in [7, 11) is 0. The highest BCUT2D eigenvalue weighted by molar-refractivity contribution is 5.94. The summed E-state index contributed by atoms with van der Waals surface area (Å²) in [5.41, 5.74) is 0.570. The number of rotatable bonds is 6. The molecule has 0 heterocycles. The molecule has 0 amide bonds. The molecule has 3 N–H and O–H groups in total. The van der Waals surface area contributed by atoms with E-state index in [0.717, 1.165) is 13.0 Å². The fraction of sp³-hybridized carbons (Fsp3) is 0.500. The topological polar surface area (TPSA) is 112 Å². The van der Waals surface area contributed by atoms with Crippen LogP contribution in [0.3, 0.4) is 0 Å². The van der Waals surface area contributed by atoms with Crippen LogP contribution >= 0.6 is 0 Å². The lowest BCUT2D eigenvalue weighted by molar-refractivity contribution is -0.134. The summed E-state index contributed by atoms with van der Waals surface area (Å²) in [5.74, 6) is -3.07. The van der Waals surface area contributed by atoms with Crippen molar-refractivity contribution in [3.8, 4) is 0 Å². The van der Waals surface area contributed by atoms with Gasteiger partial charge < -0.3 is 15.3 Å². The van der Waals surface area contributed by atoms with Gasteiger partial charge in [-0.25, -0.2) is 9.59 Å². The van der Waals surface area contributed by atoms with E-state index in [1.807, 2.05) is 0 Å². The average Bonchev–Trinajstić information content (AvgIpc) is 2.47. The van der Waals surface area contributed by atoms with Gasteiger partial charge >= 0.3 is 11.9 Å². The van der Waals surface area contributed by atoms with Crippen molar-refractivity contribution < 1.29 is 29.7 Å². The Morgan fingerprint density at radius 3 is 1.67 bits per heavy atom. The lowest BCUT2D eigenvalue weighted by Crippen LogP contribution is -2.03. The first-order valence-corrected chi connectivity index (χ1v) is 7.94. The van der Waals surface area contributed by atoms with Gasteiger partial charge in [-0.05, 0) is 24.6 Å². The molecule has 6 heteroatoms. The maximum absolute atomic E-state index is 10.6. The molecule has 6 nitrogen and oxygen atoms in total. The summed E-state index contributed by atoms with van der Waals surface area (Å²) in [4.78, 5) is 30.1. The van der Waals surface area contributed by atoms with Gasteiger partial charge in [0.2, 0.25) is 0 Å². The summed E-state index contributed by atoms with van der Waals surface area (Å²) >= 11 is 0. The molecule has 0 fully saturated rings. The maximum Gasteiger partial charge on any atom is 0.335 e. The largest absolute Gasteiger partial charge is 0.481 e. The lowest BCUT2D eigenvalue weighted by Gasteiger charge is -2.01. The number of hydrogen-bond donors (Lipinski definition) is 3. The number of aryl methyl sites for hydroxylation is 1. The molecule has 0 spiro atoms. The Kier molecular flexibility index (Phi) is 14.2. The lowest BCUT2D eigenvalue weighted by atomic mass is 10.1. The first kappa shape index (κ1) is 23.9. The Labute approximate surface area is 143 Å². The summed E-state index contributed by atoms with van der Waals surface area (Å²) in [6.07, 6.45) is 7.01. The monoisotopic (exact) mass is 340 g/mol. The molecule has 0 atom stereocenters. The van der Waals surface area contributed by atoms with Gasteiger partial charge in [0.15, 0.2) is 0 Å². The summed E-state index contributed by atoms with van der Waals surface area (Å²) in [6.45, 7) is 7.19. The summed E-state index contributed by atoms with van der Waals surface area (Å²) < 4.78 is 0. The Hall–Kier alpha value is -2.37. The van der Waals surface area contributed by atoms with Crippen LogP contribution in [-0.4, -0.2) is 33.2 Å². The Balaban J connectivity index is 0. The molecule has 0 aliphatic rings. The number of carbonyl (C=O) groups is 3. The van der Waals surface area contributed by atoms with E-state index in [1.54, 1.807) is 6.92 Å². The standard InChI is InChI=1S/C9H8O4.C7H16.C2H4O2/c1-5-2-3-6(8(10)11)4-7(5)9(12)13;1-3-5-7-6-4-2;1-2(3)4/h2-4H,1H3,(H,10,11)(H,12,13);3-7H2,1-2H3;1H3,(H,3,4). The molecule has 0 unspecified atom stereocenters. The molecule has 1 rings (SSSR count). The number of aromatic carboxylic acids is 2. The highest BCUT2D eigenvalue weighted by Gasteiger charge is 2.10. The number of carboxylic acids is 3. The van der Waals surface area contributed by atoms with Gasteiger partial charge in [-0.15, -0.1) is 0 Å². The average molecular weight is 340 g/mol. The third kappa shape index (κ3) is 13.3. The van der Waals surface area contributed by atoms with Crippen molar-refractivity contribution in [1.82, 2.24) is 0 Å². The third-order valence-electron chi connectivity index (χ3n) is 2.92. The highest BCUT2D eigenvalue weighted by atomic mass is 16.4. The quantitative estimate of drug-likeness (QED) is 0.659. The van der Waals surface area contributed by atoms with Gasteiger partial charge in [-0.1, -0.05) is 52.0 Å². The molecule has 0 aromatic heterocycles. The second-order valence-electron chi connectivity index (χ2n) is 5.22. The molecular formula is C18H28O6. The molecule has 0 radical (unpaired) electrons. The third-order valence-corrected chi connectivity index (χ3v) is 2.92. The van der Waals surface area contributed by atoms with Gasteiger partial charge in [-0.3, -0.25) is 4.79 Å². The molecule has 136 valence electrons. The van der Waals surface area contributed by atoms with Crippen molar-refractivity contribution >= 4 is 17.9 Å². The van der Waals surface area contributed by atoms with Crippen molar-refractivity contribution in [2.45, 2.75) is 59.8 Å². The second kappa shape index (κ2) is 14.2. The first-order valence-electron chi connectivity index (χ1n) is 7.94. The van der Waals surface area contributed by atoms with Crippen LogP contribution in [0.4, 0.5) is 0 Å². The van der Waals surface area contributed by atoms with Crippen LogP contribution in [0.15, 0.2) is 18.2 Å². The zero-order valence-electron chi connectivity index (χ0n) is 14.8. The maximum atomic E-state index is 10.6. The fourth-order valence-corrected chi connectivity index (χ4v) is 1.66. The Bertz CT molecular complexity index is 514. The smallest absolute Gasteiger partial charge is 0.335 e. The predicted octanol–water partition coefficient (Wildman–Crippen LogP) is 4.46. The number of hydrogen-bond acceptors (Lipinski definition) is 3. The van der Waals surface area contributed by atoms with Crippen LogP contribution in [0.1, 0.15) is 79.2 Å². The van der Waals surface area contributed by atoms with E-state index in [1.165, 1.54) is 44.2 Å². The molecule has 0 aliphatic carbocycles. The minimum Gasteiger partial charge on any atom is -0.481 e. The zero-order valence-corrected chi connectivity index (χ0v) is 14.8. The van der Waals surface area contributed by atoms with E-state index >= 15 is 0 Å². The van der Waals surface area contributed by atoms with Gasteiger partial charge in [0.05, 0.1) is 11.1 Å². The van der Waals surface area contributed by atoms with Crippen LogP contribution in [-0.2, 0) is 4.79 Å². The van der Waals surface area contributed by atoms with Crippen molar-refractivity contribution in [2.75, 3.05) is 0 Å². The number of carboxylic acid groups (broad SMARTS) is 3. The number of benzene rings is 1. The number of aliphatic carboxylic acids is 1. The van der Waals surface area contributed by atoms with Crippen molar-refractivity contribution in [2.24, 2.45) is 0 Å². The van der Waals surface area contributed by atoms with Crippen LogP contribution in [0.25, 0.3) is 0 Å². The van der Waals surface area contributed by atoms with Crippen LogP contribution < -0.4 is 0 Å². The molecule has 24 heavy (non-hydrogen) atoms.